The van der Waals surface area contributed by atoms with Crippen molar-refractivity contribution < 1.29 is 19.4 Å². The Labute approximate surface area is 146 Å². The summed E-state index contributed by atoms with van der Waals surface area (Å²) in [6, 6.07) is 3.78. The number of aromatic carboxylic acids is 1. The number of methoxy groups -OCH3 is 1. The maximum absolute atomic E-state index is 10.9. The van der Waals surface area contributed by atoms with Crippen LogP contribution in [0, 0.1) is 6.92 Å². The first-order valence-electron chi connectivity index (χ1n) is 6.88. The average Bonchev–Trinajstić information content (AvgIpc) is 2.88. The van der Waals surface area contributed by atoms with Crippen molar-refractivity contribution in [3.8, 4) is 11.5 Å². The van der Waals surface area contributed by atoms with E-state index in [0.29, 0.717) is 35.5 Å². The number of carbonyl (C=O) groups is 1. The third-order valence-corrected chi connectivity index (χ3v) is 4.69. The maximum Gasteiger partial charge on any atom is 0.183 e. The van der Waals surface area contributed by atoms with E-state index in [-0.39, 0.29) is 4.88 Å². The molecule has 0 radical (unpaired) electrons. The summed E-state index contributed by atoms with van der Waals surface area (Å²) in [4.78, 5) is 15.2. The molecule has 0 saturated heterocycles. The number of thiazole rings is 1. The lowest BCUT2D eigenvalue weighted by Crippen LogP contribution is -2.21. The maximum atomic E-state index is 10.9. The fourth-order valence-electron chi connectivity index (χ4n) is 2.00. The van der Waals surface area contributed by atoms with Gasteiger partial charge in [0.15, 0.2) is 16.6 Å². The number of nitrogens with one attached hydrogen (secondary N) is 1. The number of carboxylic acid groups (broad SMARTS) is 1. The van der Waals surface area contributed by atoms with E-state index in [9.17, 15) is 9.90 Å². The van der Waals surface area contributed by atoms with Crippen LogP contribution < -0.4 is 19.9 Å². The molecule has 0 unspecified atom stereocenters. The molecule has 6 nitrogen and oxygen atoms in total. The minimum atomic E-state index is -1.21. The van der Waals surface area contributed by atoms with Gasteiger partial charge in [-0.2, -0.15) is 0 Å². The van der Waals surface area contributed by atoms with Gasteiger partial charge in [0.2, 0.25) is 0 Å². The monoisotopic (exact) mass is 399 g/mol. The number of aromatic nitrogens is 1. The van der Waals surface area contributed by atoms with E-state index in [0.717, 1.165) is 21.4 Å². The minimum Gasteiger partial charge on any atom is -0.544 e. The lowest BCUT2D eigenvalue weighted by molar-refractivity contribution is -0.254. The molecule has 0 aliphatic rings. The van der Waals surface area contributed by atoms with Gasteiger partial charge >= 0.3 is 0 Å². The molecule has 1 heterocycles. The van der Waals surface area contributed by atoms with Crippen molar-refractivity contribution in [2.24, 2.45) is 0 Å². The smallest absolute Gasteiger partial charge is 0.183 e. The Morgan fingerprint density at radius 3 is 2.78 bits per heavy atom. The van der Waals surface area contributed by atoms with Crippen molar-refractivity contribution >= 4 is 38.4 Å². The second kappa shape index (κ2) is 7.65. The first kappa shape index (κ1) is 17.6. The van der Waals surface area contributed by atoms with Gasteiger partial charge < -0.3 is 24.7 Å². The van der Waals surface area contributed by atoms with Gasteiger partial charge in [0.1, 0.15) is 0 Å². The fraction of sp³-hybridized carbons (Fsp3) is 0.333. The lowest BCUT2D eigenvalue weighted by atomic mass is 10.2. The first-order valence-corrected chi connectivity index (χ1v) is 8.49. The van der Waals surface area contributed by atoms with Crippen molar-refractivity contribution in [2.45, 2.75) is 20.4 Å². The number of rotatable bonds is 7. The Kier molecular flexibility index (Phi) is 5.84. The summed E-state index contributed by atoms with van der Waals surface area (Å²) in [5.41, 5.74) is 1.39. The SMILES string of the molecule is CCOc1c(Br)cc(CNc2nc(C)c(C(=O)[O-])s2)cc1OC. The third-order valence-electron chi connectivity index (χ3n) is 3.00. The zero-order chi connectivity index (χ0) is 17.0. The van der Waals surface area contributed by atoms with Crippen LogP contribution in [0.2, 0.25) is 0 Å². The van der Waals surface area contributed by atoms with Gasteiger partial charge in [0.25, 0.3) is 0 Å². The highest BCUT2D eigenvalue weighted by atomic mass is 79.9. The molecule has 0 spiro atoms. The predicted molar refractivity (Wildman–Crippen MR) is 90.4 cm³/mol. The van der Waals surface area contributed by atoms with Gasteiger partial charge in [0, 0.05) is 6.54 Å². The Bertz CT molecular complexity index is 718. The third kappa shape index (κ3) is 4.14. The largest absolute Gasteiger partial charge is 0.544 e. The zero-order valence-electron chi connectivity index (χ0n) is 12.9. The molecule has 1 aromatic carbocycles. The Balaban J connectivity index is 2.16. The summed E-state index contributed by atoms with van der Waals surface area (Å²) >= 11 is 4.53. The number of halogens is 1. The van der Waals surface area contributed by atoms with Gasteiger partial charge in [-0.05, 0) is 47.5 Å². The van der Waals surface area contributed by atoms with Gasteiger partial charge in [-0.1, -0.05) is 11.3 Å². The number of benzene rings is 1. The summed E-state index contributed by atoms with van der Waals surface area (Å²) in [5.74, 6) is 0.0744. The highest BCUT2D eigenvalue weighted by molar-refractivity contribution is 9.10. The normalized spacial score (nSPS) is 10.4. The van der Waals surface area contributed by atoms with Crippen LogP contribution in [0.4, 0.5) is 5.13 Å². The van der Waals surface area contributed by atoms with E-state index < -0.39 is 5.97 Å². The van der Waals surface area contributed by atoms with Crippen LogP contribution in [0.5, 0.6) is 11.5 Å². The second-order valence-electron chi connectivity index (χ2n) is 4.62. The molecule has 2 rings (SSSR count). The van der Waals surface area contributed by atoms with Crippen LogP contribution in [0.1, 0.15) is 27.9 Å². The fourth-order valence-corrected chi connectivity index (χ4v) is 3.40. The molecule has 0 bridgehead atoms. The van der Waals surface area contributed by atoms with E-state index in [1.165, 1.54) is 0 Å². The summed E-state index contributed by atoms with van der Waals surface area (Å²) in [6.07, 6.45) is 0. The van der Waals surface area contributed by atoms with Crippen LogP contribution in [-0.2, 0) is 6.54 Å². The molecule has 2 aromatic rings. The van der Waals surface area contributed by atoms with Crippen LogP contribution in [0.3, 0.4) is 0 Å². The van der Waals surface area contributed by atoms with Crippen molar-refractivity contribution in [2.75, 3.05) is 19.0 Å². The first-order chi connectivity index (χ1) is 11.0. The van der Waals surface area contributed by atoms with Crippen molar-refractivity contribution in [3.05, 3.63) is 32.7 Å². The Morgan fingerprint density at radius 2 is 2.22 bits per heavy atom. The molecular formula is C15H16BrN2O4S-. The average molecular weight is 400 g/mol. The number of carboxylic acids is 1. The molecule has 124 valence electrons. The van der Waals surface area contributed by atoms with Gasteiger partial charge in [-0.15, -0.1) is 0 Å². The number of carbonyl (C=O) groups excluding carboxylic acids is 1. The second-order valence-corrected chi connectivity index (χ2v) is 6.47. The summed E-state index contributed by atoms with van der Waals surface area (Å²) in [6.45, 7) is 4.56. The number of hydrogen-bond acceptors (Lipinski definition) is 7. The zero-order valence-corrected chi connectivity index (χ0v) is 15.3. The molecule has 0 aliphatic heterocycles. The summed E-state index contributed by atoms with van der Waals surface area (Å²) in [5, 5.41) is 14.6. The van der Waals surface area contributed by atoms with E-state index in [4.69, 9.17) is 9.47 Å². The van der Waals surface area contributed by atoms with Crippen molar-refractivity contribution in [1.82, 2.24) is 4.98 Å². The summed E-state index contributed by atoms with van der Waals surface area (Å²) < 4.78 is 11.7. The number of hydrogen-bond donors (Lipinski definition) is 1. The number of nitrogens with zero attached hydrogens (tertiary/aromatic N) is 1. The molecule has 0 aliphatic carbocycles. The van der Waals surface area contributed by atoms with E-state index in [2.05, 4.69) is 26.2 Å². The molecule has 0 fully saturated rings. The molecule has 0 atom stereocenters. The van der Waals surface area contributed by atoms with Crippen LogP contribution in [-0.4, -0.2) is 24.7 Å². The number of anilines is 1. The molecule has 1 N–H and O–H groups in total. The molecular weight excluding hydrogens is 384 g/mol. The summed E-state index contributed by atoms with van der Waals surface area (Å²) in [7, 11) is 1.58. The lowest BCUT2D eigenvalue weighted by Gasteiger charge is -2.13. The van der Waals surface area contributed by atoms with Gasteiger partial charge in [0.05, 0.1) is 34.7 Å². The highest BCUT2D eigenvalue weighted by Gasteiger charge is 2.12. The van der Waals surface area contributed by atoms with Crippen LogP contribution >= 0.6 is 27.3 Å². The van der Waals surface area contributed by atoms with Gasteiger partial charge in [-0.25, -0.2) is 4.98 Å². The van der Waals surface area contributed by atoms with Crippen LogP contribution in [0.25, 0.3) is 0 Å². The number of aryl methyl sites for hydroxylation is 1. The van der Waals surface area contributed by atoms with Crippen molar-refractivity contribution in [1.29, 1.82) is 0 Å². The minimum absolute atomic E-state index is 0.137. The molecule has 1 aromatic heterocycles. The standard InChI is InChI=1S/C15H17BrN2O4S/c1-4-22-12-10(16)5-9(6-11(12)21-3)7-17-15-18-8(2)13(23-15)14(19)20/h5-6H,4,7H2,1-3H3,(H,17,18)(H,19,20)/p-1. The molecule has 0 amide bonds. The molecule has 0 saturated carbocycles. The Morgan fingerprint density at radius 1 is 1.48 bits per heavy atom. The van der Waals surface area contributed by atoms with E-state index in [1.54, 1.807) is 14.0 Å². The van der Waals surface area contributed by atoms with Crippen LogP contribution in [0.15, 0.2) is 16.6 Å². The Hall–Kier alpha value is -1.80. The number of ether oxygens (including phenoxy) is 2. The molecule has 8 heteroatoms. The van der Waals surface area contributed by atoms with E-state index >= 15 is 0 Å². The quantitative estimate of drug-likeness (QED) is 0.769. The van der Waals surface area contributed by atoms with Gasteiger partial charge in [-0.3, -0.25) is 0 Å². The van der Waals surface area contributed by atoms with Crippen molar-refractivity contribution in [3.63, 3.8) is 0 Å². The highest BCUT2D eigenvalue weighted by Crippen LogP contribution is 2.37. The van der Waals surface area contributed by atoms with E-state index in [1.807, 2.05) is 19.1 Å². The predicted octanol–water partition coefficient (Wildman–Crippen LogP) is 2.60. The molecule has 23 heavy (non-hydrogen) atoms. The topological polar surface area (TPSA) is 83.5 Å².